The van der Waals surface area contributed by atoms with E-state index in [4.69, 9.17) is 4.74 Å². The molecular weight excluding hydrogens is 362 g/mol. The number of rotatable bonds is 5. The summed E-state index contributed by atoms with van der Waals surface area (Å²) in [6.45, 7) is 2.83. The van der Waals surface area contributed by atoms with Gasteiger partial charge in [-0.25, -0.2) is 8.42 Å². The zero-order chi connectivity index (χ0) is 19.2. The Bertz CT molecular complexity index is 1010. The SMILES string of the molecule is CCCCCN1C(=O)C2(COc3ccccc32)c2c1cccc2S(C)(=O)=O. The summed E-state index contributed by atoms with van der Waals surface area (Å²) in [7, 11) is -3.50. The molecule has 0 aliphatic carbocycles. The van der Waals surface area contributed by atoms with E-state index in [0.717, 1.165) is 24.8 Å². The summed E-state index contributed by atoms with van der Waals surface area (Å²) in [6, 6.07) is 12.6. The number of unbranched alkanes of at least 4 members (excludes halogenated alkanes) is 2. The molecule has 2 aliphatic heterocycles. The lowest BCUT2D eigenvalue weighted by Crippen LogP contribution is -2.43. The Morgan fingerprint density at radius 2 is 1.89 bits per heavy atom. The minimum Gasteiger partial charge on any atom is -0.491 e. The molecule has 27 heavy (non-hydrogen) atoms. The Hall–Kier alpha value is -2.34. The van der Waals surface area contributed by atoms with Crippen LogP contribution in [0.3, 0.4) is 0 Å². The number of amides is 1. The van der Waals surface area contributed by atoms with Gasteiger partial charge >= 0.3 is 0 Å². The number of fused-ring (bicyclic) bond motifs is 4. The van der Waals surface area contributed by atoms with E-state index in [1.54, 1.807) is 17.0 Å². The van der Waals surface area contributed by atoms with Crippen molar-refractivity contribution in [2.45, 2.75) is 36.5 Å². The standard InChI is InChI=1S/C21H23NO4S/c1-3-4-7-13-22-16-10-8-12-18(27(2,24)25)19(16)21(20(22)23)14-26-17-11-6-5-9-15(17)21/h5-6,8-12H,3-4,7,13-14H2,1-2H3. The van der Waals surface area contributed by atoms with Crippen molar-refractivity contribution in [2.24, 2.45) is 0 Å². The first-order valence-electron chi connectivity index (χ1n) is 9.29. The molecule has 6 heteroatoms. The summed E-state index contributed by atoms with van der Waals surface area (Å²) in [4.78, 5) is 15.6. The molecule has 1 spiro atoms. The zero-order valence-electron chi connectivity index (χ0n) is 15.6. The Morgan fingerprint density at radius 1 is 1.11 bits per heavy atom. The fraction of sp³-hybridized carbons (Fsp3) is 0.381. The van der Waals surface area contributed by atoms with E-state index >= 15 is 0 Å². The highest BCUT2D eigenvalue weighted by atomic mass is 32.2. The molecule has 1 atom stereocenters. The third-order valence-corrected chi connectivity index (χ3v) is 6.65. The summed E-state index contributed by atoms with van der Waals surface area (Å²) in [5.74, 6) is 0.560. The first-order chi connectivity index (χ1) is 12.9. The van der Waals surface area contributed by atoms with Crippen molar-refractivity contribution in [2.75, 3.05) is 24.3 Å². The van der Waals surface area contributed by atoms with Gasteiger partial charge < -0.3 is 9.64 Å². The van der Waals surface area contributed by atoms with Gasteiger partial charge in [0.1, 0.15) is 17.8 Å². The zero-order valence-corrected chi connectivity index (χ0v) is 16.4. The Kier molecular flexibility index (Phi) is 4.26. The molecule has 0 saturated carbocycles. The molecule has 0 aromatic heterocycles. The molecule has 0 radical (unpaired) electrons. The first kappa shape index (κ1) is 18.0. The van der Waals surface area contributed by atoms with Crippen LogP contribution >= 0.6 is 0 Å². The van der Waals surface area contributed by atoms with Gasteiger partial charge in [0.05, 0.1) is 4.90 Å². The van der Waals surface area contributed by atoms with Crippen LogP contribution in [-0.2, 0) is 20.0 Å². The maximum atomic E-state index is 13.7. The molecule has 0 bridgehead atoms. The number of sulfone groups is 1. The van der Waals surface area contributed by atoms with Crippen LogP contribution in [0.5, 0.6) is 5.75 Å². The second-order valence-corrected chi connectivity index (χ2v) is 9.26. The molecule has 2 heterocycles. The van der Waals surface area contributed by atoms with Crippen LogP contribution in [0, 0.1) is 0 Å². The van der Waals surface area contributed by atoms with Gasteiger partial charge in [-0.05, 0) is 24.6 Å². The first-order valence-corrected chi connectivity index (χ1v) is 11.2. The third kappa shape index (κ3) is 2.57. The van der Waals surface area contributed by atoms with E-state index in [2.05, 4.69) is 6.92 Å². The summed E-state index contributed by atoms with van der Waals surface area (Å²) in [6.07, 6.45) is 4.14. The van der Waals surface area contributed by atoms with E-state index < -0.39 is 15.3 Å². The predicted molar refractivity (Wildman–Crippen MR) is 104 cm³/mol. The fourth-order valence-electron chi connectivity index (χ4n) is 4.26. The van der Waals surface area contributed by atoms with Crippen LogP contribution in [0.15, 0.2) is 47.4 Å². The number of benzene rings is 2. The van der Waals surface area contributed by atoms with Gasteiger partial charge in [-0.3, -0.25) is 4.79 Å². The topological polar surface area (TPSA) is 63.7 Å². The van der Waals surface area contributed by atoms with Crippen molar-refractivity contribution in [3.8, 4) is 5.75 Å². The van der Waals surface area contributed by atoms with E-state index in [-0.39, 0.29) is 17.4 Å². The number of ether oxygens (including phenoxy) is 1. The smallest absolute Gasteiger partial charge is 0.245 e. The summed E-state index contributed by atoms with van der Waals surface area (Å²) in [5.41, 5.74) is 0.932. The average Bonchev–Trinajstić information content (AvgIpc) is 3.14. The van der Waals surface area contributed by atoms with Crippen LogP contribution in [-0.4, -0.2) is 33.7 Å². The Balaban J connectivity index is 1.97. The van der Waals surface area contributed by atoms with Gasteiger partial charge in [-0.1, -0.05) is 44.0 Å². The second kappa shape index (κ2) is 6.37. The number of carbonyl (C=O) groups excluding carboxylic acids is 1. The molecule has 1 amide bonds. The molecule has 2 aromatic carbocycles. The Labute approximate surface area is 159 Å². The van der Waals surface area contributed by atoms with Crippen molar-refractivity contribution >= 4 is 21.4 Å². The maximum Gasteiger partial charge on any atom is 0.245 e. The molecule has 0 fully saturated rings. The Morgan fingerprint density at radius 3 is 2.63 bits per heavy atom. The molecule has 4 rings (SSSR count). The fourth-order valence-corrected chi connectivity index (χ4v) is 5.24. The van der Waals surface area contributed by atoms with E-state index in [0.29, 0.717) is 23.5 Å². The molecule has 1 unspecified atom stereocenters. The monoisotopic (exact) mass is 385 g/mol. The number of hydrogen-bond acceptors (Lipinski definition) is 4. The van der Waals surface area contributed by atoms with Crippen molar-refractivity contribution in [3.63, 3.8) is 0 Å². The quantitative estimate of drug-likeness (QED) is 0.741. The van der Waals surface area contributed by atoms with Crippen molar-refractivity contribution in [3.05, 3.63) is 53.6 Å². The van der Waals surface area contributed by atoms with Crippen LogP contribution in [0.2, 0.25) is 0 Å². The van der Waals surface area contributed by atoms with Crippen LogP contribution in [0.4, 0.5) is 5.69 Å². The summed E-state index contributed by atoms with van der Waals surface area (Å²) < 4.78 is 31.0. The minimum absolute atomic E-state index is 0.0883. The number of carbonyl (C=O) groups is 1. The number of hydrogen-bond donors (Lipinski definition) is 0. The normalized spacial score (nSPS) is 20.7. The van der Waals surface area contributed by atoms with E-state index in [1.165, 1.54) is 6.26 Å². The predicted octanol–water partition coefficient (Wildman–Crippen LogP) is 3.31. The number of para-hydroxylation sites is 1. The average molecular weight is 385 g/mol. The summed E-state index contributed by atoms with van der Waals surface area (Å²) >= 11 is 0. The molecule has 0 N–H and O–H groups in total. The summed E-state index contributed by atoms with van der Waals surface area (Å²) in [5, 5.41) is 0. The van der Waals surface area contributed by atoms with Gasteiger partial charge in [0.25, 0.3) is 0 Å². The molecular formula is C21H23NO4S. The number of anilines is 1. The van der Waals surface area contributed by atoms with E-state index in [1.807, 2.05) is 30.3 Å². The lowest BCUT2D eigenvalue weighted by atomic mass is 9.77. The molecule has 5 nitrogen and oxygen atoms in total. The van der Waals surface area contributed by atoms with Gasteiger partial charge in [-0.2, -0.15) is 0 Å². The maximum absolute atomic E-state index is 13.7. The van der Waals surface area contributed by atoms with Gasteiger partial charge in [0.2, 0.25) is 5.91 Å². The molecule has 2 aromatic rings. The minimum atomic E-state index is -3.50. The van der Waals surface area contributed by atoms with Crippen molar-refractivity contribution in [1.29, 1.82) is 0 Å². The third-order valence-electron chi connectivity index (χ3n) is 5.51. The van der Waals surface area contributed by atoms with Crippen LogP contribution in [0.1, 0.15) is 37.3 Å². The number of nitrogens with zero attached hydrogens (tertiary/aromatic N) is 1. The highest BCUT2D eigenvalue weighted by Crippen LogP contribution is 2.54. The van der Waals surface area contributed by atoms with Crippen molar-refractivity contribution < 1.29 is 17.9 Å². The highest BCUT2D eigenvalue weighted by Gasteiger charge is 2.58. The van der Waals surface area contributed by atoms with Crippen molar-refractivity contribution in [1.82, 2.24) is 0 Å². The second-order valence-electron chi connectivity index (χ2n) is 7.28. The molecule has 142 valence electrons. The lowest BCUT2D eigenvalue weighted by Gasteiger charge is -2.23. The lowest BCUT2D eigenvalue weighted by molar-refractivity contribution is -0.122. The highest BCUT2D eigenvalue weighted by molar-refractivity contribution is 7.90. The van der Waals surface area contributed by atoms with Gasteiger partial charge in [0.15, 0.2) is 9.84 Å². The van der Waals surface area contributed by atoms with Gasteiger partial charge in [-0.15, -0.1) is 0 Å². The molecule has 0 saturated heterocycles. The molecule has 2 aliphatic rings. The largest absolute Gasteiger partial charge is 0.491 e. The van der Waals surface area contributed by atoms with Crippen LogP contribution < -0.4 is 9.64 Å². The van der Waals surface area contributed by atoms with E-state index in [9.17, 15) is 13.2 Å². The van der Waals surface area contributed by atoms with Gasteiger partial charge in [0, 0.05) is 29.6 Å². The van der Waals surface area contributed by atoms with Crippen LogP contribution in [0.25, 0.3) is 0 Å².